The SMILES string of the molecule is CCCCn1cc(Br)c(COCCC)n1. The average molecular weight is 275 g/mol. The van der Waals surface area contributed by atoms with Gasteiger partial charge in [-0.25, -0.2) is 0 Å². The van der Waals surface area contributed by atoms with Gasteiger partial charge in [0.05, 0.1) is 11.1 Å². The minimum atomic E-state index is 0.605. The lowest BCUT2D eigenvalue weighted by Gasteiger charge is -2.00. The van der Waals surface area contributed by atoms with Gasteiger partial charge in [-0.15, -0.1) is 0 Å². The number of hydrogen-bond acceptors (Lipinski definition) is 2. The number of unbranched alkanes of at least 4 members (excludes halogenated alkanes) is 1. The molecule has 0 aromatic carbocycles. The molecule has 0 spiro atoms. The molecule has 0 saturated heterocycles. The Balaban J connectivity index is 2.45. The second kappa shape index (κ2) is 7.01. The van der Waals surface area contributed by atoms with Gasteiger partial charge in [-0.3, -0.25) is 4.68 Å². The zero-order chi connectivity index (χ0) is 11.1. The first-order valence-corrected chi connectivity index (χ1v) is 6.36. The molecule has 0 atom stereocenters. The van der Waals surface area contributed by atoms with Crippen LogP contribution in [0.15, 0.2) is 10.7 Å². The molecule has 0 unspecified atom stereocenters. The van der Waals surface area contributed by atoms with Gasteiger partial charge in [0.2, 0.25) is 0 Å². The van der Waals surface area contributed by atoms with E-state index in [9.17, 15) is 0 Å². The molecular formula is C11H19BrN2O. The van der Waals surface area contributed by atoms with E-state index in [0.717, 1.165) is 29.7 Å². The standard InChI is InChI=1S/C11H19BrN2O/c1-3-5-6-14-8-10(12)11(13-14)9-15-7-4-2/h8H,3-7,9H2,1-2H3. The molecule has 1 rings (SSSR count). The van der Waals surface area contributed by atoms with Crippen molar-refractivity contribution in [2.75, 3.05) is 6.61 Å². The zero-order valence-corrected chi connectivity index (χ0v) is 11.1. The summed E-state index contributed by atoms with van der Waals surface area (Å²) in [5.74, 6) is 0. The maximum absolute atomic E-state index is 5.46. The third kappa shape index (κ3) is 4.34. The van der Waals surface area contributed by atoms with Crippen molar-refractivity contribution in [3.8, 4) is 0 Å². The summed E-state index contributed by atoms with van der Waals surface area (Å²) < 4.78 is 8.50. The van der Waals surface area contributed by atoms with Crippen molar-refractivity contribution in [3.05, 3.63) is 16.4 Å². The van der Waals surface area contributed by atoms with Crippen LogP contribution < -0.4 is 0 Å². The molecule has 0 amide bonds. The molecule has 0 fully saturated rings. The quantitative estimate of drug-likeness (QED) is 0.713. The van der Waals surface area contributed by atoms with E-state index >= 15 is 0 Å². The second-order valence-electron chi connectivity index (χ2n) is 3.59. The Hall–Kier alpha value is -0.350. The van der Waals surface area contributed by atoms with Crippen LogP contribution in [0.25, 0.3) is 0 Å². The highest BCUT2D eigenvalue weighted by atomic mass is 79.9. The van der Waals surface area contributed by atoms with Gasteiger partial charge >= 0.3 is 0 Å². The number of ether oxygens (including phenoxy) is 1. The van der Waals surface area contributed by atoms with Gasteiger partial charge in [-0.2, -0.15) is 5.10 Å². The maximum atomic E-state index is 5.46. The minimum Gasteiger partial charge on any atom is -0.375 e. The van der Waals surface area contributed by atoms with E-state index in [1.165, 1.54) is 12.8 Å². The van der Waals surface area contributed by atoms with Crippen LogP contribution in [0.5, 0.6) is 0 Å². The molecule has 3 nitrogen and oxygen atoms in total. The fraction of sp³-hybridized carbons (Fsp3) is 0.727. The van der Waals surface area contributed by atoms with Crippen molar-refractivity contribution in [3.63, 3.8) is 0 Å². The Kier molecular flexibility index (Phi) is 5.95. The molecule has 4 heteroatoms. The monoisotopic (exact) mass is 274 g/mol. The number of nitrogens with zero attached hydrogens (tertiary/aromatic N) is 2. The van der Waals surface area contributed by atoms with Crippen molar-refractivity contribution >= 4 is 15.9 Å². The molecule has 0 aliphatic heterocycles. The molecule has 0 aliphatic rings. The van der Waals surface area contributed by atoms with Crippen LogP contribution in [-0.4, -0.2) is 16.4 Å². The van der Waals surface area contributed by atoms with Crippen LogP contribution in [0.2, 0.25) is 0 Å². The summed E-state index contributed by atoms with van der Waals surface area (Å²) in [6, 6.07) is 0. The van der Waals surface area contributed by atoms with Crippen LogP contribution in [-0.2, 0) is 17.9 Å². The van der Waals surface area contributed by atoms with Gasteiger partial charge in [0.1, 0.15) is 5.69 Å². The van der Waals surface area contributed by atoms with Crippen molar-refractivity contribution in [2.24, 2.45) is 0 Å². The third-order valence-corrected chi connectivity index (χ3v) is 2.78. The second-order valence-corrected chi connectivity index (χ2v) is 4.45. The molecule has 15 heavy (non-hydrogen) atoms. The lowest BCUT2D eigenvalue weighted by molar-refractivity contribution is 0.118. The molecule has 1 aromatic heterocycles. The summed E-state index contributed by atoms with van der Waals surface area (Å²) in [6.45, 7) is 6.68. The lowest BCUT2D eigenvalue weighted by Crippen LogP contribution is -2.00. The molecule has 1 heterocycles. The van der Waals surface area contributed by atoms with Gasteiger partial charge in [-0.05, 0) is 28.8 Å². The van der Waals surface area contributed by atoms with Crippen LogP contribution in [0.3, 0.4) is 0 Å². The van der Waals surface area contributed by atoms with E-state index in [-0.39, 0.29) is 0 Å². The molecular weight excluding hydrogens is 256 g/mol. The van der Waals surface area contributed by atoms with E-state index in [0.29, 0.717) is 6.61 Å². The number of aryl methyl sites for hydroxylation is 1. The normalized spacial score (nSPS) is 10.9. The molecule has 0 bridgehead atoms. The number of rotatable bonds is 7. The van der Waals surface area contributed by atoms with Crippen molar-refractivity contribution in [2.45, 2.75) is 46.3 Å². The molecule has 1 aromatic rings. The zero-order valence-electron chi connectivity index (χ0n) is 9.50. The van der Waals surface area contributed by atoms with Gasteiger partial charge in [0, 0.05) is 19.3 Å². The van der Waals surface area contributed by atoms with Crippen molar-refractivity contribution < 1.29 is 4.74 Å². The van der Waals surface area contributed by atoms with E-state index in [1.807, 2.05) is 10.9 Å². The highest BCUT2D eigenvalue weighted by Crippen LogP contribution is 2.16. The Morgan fingerprint density at radius 1 is 1.40 bits per heavy atom. The van der Waals surface area contributed by atoms with Crippen LogP contribution in [0.1, 0.15) is 38.8 Å². The summed E-state index contributed by atoms with van der Waals surface area (Å²) in [5.41, 5.74) is 1.000. The number of hydrogen-bond donors (Lipinski definition) is 0. The predicted molar refractivity (Wildman–Crippen MR) is 64.8 cm³/mol. The van der Waals surface area contributed by atoms with Crippen LogP contribution in [0, 0.1) is 0 Å². The fourth-order valence-corrected chi connectivity index (χ4v) is 1.71. The first-order chi connectivity index (χ1) is 7.27. The van der Waals surface area contributed by atoms with Gasteiger partial charge in [0.25, 0.3) is 0 Å². The maximum Gasteiger partial charge on any atom is 0.102 e. The molecule has 0 saturated carbocycles. The van der Waals surface area contributed by atoms with Crippen LogP contribution in [0.4, 0.5) is 0 Å². The molecule has 0 aliphatic carbocycles. The Morgan fingerprint density at radius 3 is 2.87 bits per heavy atom. The van der Waals surface area contributed by atoms with E-state index < -0.39 is 0 Å². The van der Waals surface area contributed by atoms with E-state index in [2.05, 4.69) is 34.9 Å². The molecule has 0 N–H and O–H groups in total. The lowest BCUT2D eigenvalue weighted by atomic mass is 10.3. The summed E-state index contributed by atoms with van der Waals surface area (Å²) in [6.07, 6.45) is 5.44. The number of aromatic nitrogens is 2. The smallest absolute Gasteiger partial charge is 0.102 e. The largest absolute Gasteiger partial charge is 0.375 e. The average Bonchev–Trinajstić information content (AvgIpc) is 2.57. The van der Waals surface area contributed by atoms with Gasteiger partial charge < -0.3 is 4.74 Å². The van der Waals surface area contributed by atoms with Crippen LogP contribution >= 0.6 is 15.9 Å². The summed E-state index contributed by atoms with van der Waals surface area (Å²) in [5, 5.41) is 4.46. The highest BCUT2D eigenvalue weighted by molar-refractivity contribution is 9.10. The Labute approximate surface area is 99.9 Å². The molecule has 0 radical (unpaired) electrons. The fourth-order valence-electron chi connectivity index (χ4n) is 1.28. The van der Waals surface area contributed by atoms with Gasteiger partial charge in [-0.1, -0.05) is 20.3 Å². The third-order valence-electron chi connectivity index (χ3n) is 2.12. The first-order valence-electron chi connectivity index (χ1n) is 5.57. The summed E-state index contributed by atoms with van der Waals surface area (Å²) in [7, 11) is 0. The summed E-state index contributed by atoms with van der Waals surface area (Å²) >= 11 is 3.50. The first kappa shape index (κ1) is 12.7. The van der Waals surface area contributed by atoms with E-state index in [1.54, 1.807) is 0 Å². The predicted octanol–water partition coefficient (Wildman–Crippen LogP) is 3.37. The Bertz CT molecular complexity index is 286. The Morgan fingerprint density at radius 2 is 2.20 bits per heavy atom. The highest BCUT2D eigenvalue weighted by Gasteiger charge is 2.05. The van der Waals surface area contributed by atoms with Crippen molar-refractivity contribution in [1.29, 1.82) is 0 Å². The molecule has 86 valence electrons. The van der Waals surface area contributed by atoms with Gasteiger partial charge in [0.15, 0.2) is 0 Å². The minimum absolute atomic E-state index is 0.605. The topological polar surface area (TPSA) is 27.1 Å². The summed E-state index contributed by atoms with van der Waals surface area (Å²) in [4.78, 5) is 0. The van der Waals surface area contributed by atoms with Crippen molar-refractivity contribution in [1.82, 2.24) is 9.78 Å². The number of halogens is 1. The van der Waals surface area contributed by atoms with E-state index in [4.69, 9.17) is 4.74 Å².